The van der Waals surface area contributed by atoms with Crippen molar-refractivity contribution >= 4 is 5.82 Å². The number of nitrogens with zero attached hydrogens (tertiary/aromatic N) is 6. The molecule has 9 nitrogen and oxygen atoms in total. The normalized spacial score (nSPS) is 14.3. The number of aromatic nitrogens is 5. The smallest absolute Gasteiger partial charge is 0.406 e. The van der Waals surface area contributed by atoms with Crippen LogP contribution in [0.1, 0.15) is 24.1 Å². The molecule has 0 bridgehead atoms. The van der Waals surface area contributed by atoms with E-state index in [2.05, 4.69) is 35.2 Å². The number of halogens is 3. The monoisotopic (exact) mass is 513 g/mol. The van der Waals surface area contributed by atoms with E-state index in [0.717, 1.165) is 30.2 Å². The minimum absolute atomic E-state index is 0.211. The molecule has 0 unspecified atom stereocenters. The minimum Gasteiger partial charge on any atom is -0.406 e. The predicted molar refractivity (Wildman–Crippen MR) is 130 cm³/mol. The molecule has 0 aliphatic carbocycles. The van der Waals surface area contributed by atoms with Gasteiger partial charge in [0.2, 0.25) is 5.82 Å². The first-order valence-electron chi connectivity index (χ1n) is 12.0. The Hall–Kier alpha value is -3.93. The van der Waals surface area contributed by atoms with Crippen molar-refractivity contribution < 1.29 is 22.4 Å². The summed E-state index contributed by atoms with van der Waals surface area (Å²) in [7, 11) is 0. The van der Waals surface area contributed by atoms with Crippen LogP contribution in [0.25, 0.3) is 23.0 Å². The van der Waals surface area contributed by atoms with Crippen LogP contribution in [0.2, 0.25) is 0 Å². The zero-order valence-corrected chi connectivity index (χ0v) is 20.2. The van der Waals surface area contributed by atoms with Crippen LogP contribution in [0, 0.1) is 6.92 Å². The summed E-state index contributed by atoms with van der Waals surface area (Å²) in [6.07, 6.45) is -0.351. The van der Waals surface area contributed by atoms with Crippen molar-refractivity contribution in [3.8, 4) is 28.7 Å². The Morgan fingerprint density at radius 2 is 1.86 bits per heavy atom. The highest BCUT2D eigenvalue weighted by atomic mass is 19.4. The summed E-state index contributed by atoms with van der Waals surface area (Å²) in [4.78, 5) is 11.3. The van der Waals surface area contributed by atoms with E-state index in [1.807, 2.05) is 36.0 Å². The largest absolute Gasteiger partial charge is 0.573 e. The quantitative estimate of drug-likeness (QED) is 0.343. The first-order chi connectivity index (χ1) is 17.8. The lowest BCUT2D eigenvalue weighted by molar-refractivity contribution is -0.274. The second-order valence-corrected chi connectivity index (χ2v) is 8.85. The van der Waals surface area contributed by atoms with E-state index in [4.69, 9.17) is 4.52 Å². The molecule has 1 saturated heterocycles. The molecule has 1 aliphatic rings. The van der Waals surface area contributed by atoms with Gasteiger partial charge in [-0.25, -0.2) is 4.98 Å². The Balaban J connectivity index is 1.20. The molecule has 0 radical (unpaired) electrons. The molecule has 0 amide bonds. The van der Waals surface area contributed by atoms with Crippen molar-refractivity contribution in [1.82, 2.24) is 29.8 Å². The van der Waals surface area contributed by atoms with Crippen molar-refractivity contribution in [3.05, 3.63) is 59.9 Å². The molecule has 1 aromatic carbocycles. The number of rotatable bonds is 9. The Bertz CT molecular complexity index is 1310. The number of hydrogen-bond donors (Lipinski definition) is 1. The van der Waals surface area contributed by atoms with Crippen LogP contribution in [-0.2, 0) is 6.54 Å². The third-order valence-corrected chi connectivity index (χ3v) is 6.06. The maximum atomic E-state index is 12.4. The number of pyridine rings is 1. The minimum atomic E-state index is -4.75. The third-order valence-electron chi connectivity index (χ3n) is 6.06. The highest BCUT2D eigenvalue weighted by Gasteiger charge is 2.31. The van der Waals surface area contributed by atoms with Crippen molar-refractivity contribution in [2.75, 3.05) is 31.5 Å². The van der Waals surface area contributed by atoms with Gasteiger partial charge < -0.3 is 19.5 Å². The summed E-state index contributed by atoms with van der Waals surface area (Å²) in [5.41, 5.74) is 2.88. The molecule has 0 spiro atoms. The van der Waals surface area contributed by atoms with Gasteiger partial charge in [0.25, 0.3) is 5.89 Å². The summed E-state index contributed by atoms with van der Waals surface area (Å²) in [5.74, 6) is 0.966. The van der Waals surface area contributed by atoms with Gasteiger partial charge in [0, 0.05) is 30.5 Å². The Morgan fingerprint density at radius 3 is 2.57 bits per heavy atom. The number of benzene rings is 1. The fourth-order valence-corrected chi connectivity index (χ4v) is 4.17. The Kier molecular flexibility index (Phi) is 7.08. The summed E-state index contributed by atoms with van der Waals surface area (Å²) >= 11 is 0. The van der Waals surface area contributed by atoms with Crippen LogP contribution in [0.3, 0.4) is 0 Å². The Morgan fingerprint density at radius 1 is 1.08 bits per heavy atom. The van der Waals surface area contributed by atoms with Crippen molar-refractivity contribution in [2.24, 2.45) is 0 Å². The first-order valence-corrected chi connectivity index (χ1v) is 12.0. The molecule has 12 heteroatoms. The SMILES string of the molecule is Cc1cc(-c2nc(-c3ccc(OC(F)(F)F)cc3)no2)nn1Cc1ccc(NCCN2CCCC2)nc1. The van der Waals surface area contributed by atoms with E-state index in [1.165, 1.54) is 50.2 Å². The van der Waals surface area contributed by atoms with Crippen molar-refractivity contribution in [2.45, 2.75) is 32.7 Å². The summed E-state index contributed by atoms with van der Waals surface area (Å²) < 4.78 is 48.1. The van der Waals surface area contributed by atoms with E-state index in [1.54, 1.807) is 0 Å². The number of ether oxygens (including phenoxy) is 1. The molecular formula is C25H26F3N7O2. The van der Waals surface area contributed by atoms with Crippen LogP contribution < -0.4 is 10.1 Å². The topological polar surface area (TPSA) is 94.1 Å². The molecule has 1 fully saturated rings. The average Bonchev–Trinajstić information content (AvgIpc) is 3.62. The van der Waals surface area contributed by atoms with E-state index in [9.17, 15) is 13.2 Å². The molecule has 4 heterocycles. The summed E-state index contributed by atoms with van der Waals surface area (Å²) in [6.45, 7) is 6.69. The molecular weight excluding hydrogens is 487 g/mol. The molecule has 37 heavy (non-hydrogen) atoms. The van der Waals surface area contributed by atoms with Gasteiger partial charge in [-0.3, -0.25) is 4.68 Å². The molecule has 194 valence electrons. The summed E-state index contributed by atoms with van der Waals surface area (Å²) in [6, 6.07) is 11.1. The molecule has 0 saturated carbocycles. The molecule has 3 aromatic heterocycles. The van der Waals surface area contributed by atoms with Crippen LogP contribution in [0.4, 0.5) is 19.0 Å². The first kappa shape index (κ1) is 24.8. The summed E-state index contributed by atoms with van der Waals surface area (Å²) in [5, 5.41) is 11.9. The van der Waals surface area contributed by atoms with Gasteiger partial charge in [0.15, 0.2) is 5.69 Å². The lowest BCUT2D eigenvalue weighted by Gasteiger charge is -2.15. The molecule has 4 aromatic rings. The zero-order valence-electron chi connectivity index (χ0n) is 20.2. The lowest BCUT2D eigenvalue weighted by atomic mass is 10.2. The second-order valence-electron chi connectivity index (χ2n) is 8.85. The van der Waals surface area contributed by atoms with Crippen molar-refractivity contribution in [3.63, 3.8) is 0 Å². The second kappa shape index (κ2) is 10.6. The van der Waals surface area contributed by atoms with E-state index >= 15 is 0 Å². The third kappa shape index (κ3) is 6.45. The molecule has 1 aliphatic heterocycles. The Labute approximate surface area is 211 Å². The van der Waals surface area contributed by atoms with Crippen molar-refractivity contribution in [1.29, 1.82) is 0 Å². The number of likely N-dealkylation sites (tertiary alicyclic amines) is 1. The highest BCUT2D eigenvalue weighted by molar-refractivity contribution is 5.59. The zero-order chi connectivity index (χ0) is 25.8. The highest BCUT2D eigenvalue weighted by Crippen LogP contribution is 2.27. The standard InChI is InChI=1S/C25H26F3N7O2/c1-17-14-21(24-31-23(33-37-24)19-5-7-20(8-6-19)36-25(26,27)28)32-35(17)16-18-4-9-22(30-15-18)29-10-13-34-11-2-3-12-34/h4-9,14-15H,2-3,10-13,16H2,1H3,(H,29,30). The number of anilines is 1. The van der Waals surface area contributed by atoms with Gasteiger partial charge in [-0.15, -0.1) is 13.2 Å². The fourth-order valence-electron chi connectivity index (χ4n) is 4.17. The lowest BCUT2D eigenvalue weighted by Crippen LogP contribution is -2.26. The van der Waals surface area contributed by atoms with E-state index in [0.29, 0.717) is 17.8 Å². The van der Waals surface area contributed by atoms with Gasteiger partial charge in [0.05, 0.1) is 6.54 Å². The van der Waals surface area contributed by atoms with Gasteiger partial charge >= 0.3 is 6.36 Å². The predicted octanol–water partition coefficient (Wildman–Crippen LogP) is 4.76. The van der Waals surface area contributed by atoms with Crippen LogP contribution >= 0.6 is 0 Å². The van der Waals surface area contributed by atoms with Gasteiger partial charge in [0.1, 0.15) is 11.6 Å². The molecule has 1 N–H and O–H groups in total. The number of hydrogen-bond acceptors (Lipinski definition) is 8. The maximum Gasteiger partial charge on any atom is 0.573 e. The molecule has 0 atom stereocenters. The van der Waals surface area contributed by atoms with E-state index < -0.39 is 6.36 Å². The number of nitrogens with one attached hydrogen (secondary N) is 1. The fraction of sp³-hybridized carbons (Fsp3) is 0.360. The number of aryl methyl sites for hydroxylation is 1. The maximum absolute atomic E-state index is 12.4. The molecule has 5 rings (SSSR count). The van der Waals surface area contributed by atoms with Gasteiger partial charge in [-0.05, 0) is 74.8 Å². The average molecular weight is 514 g/mol. The van der Waals surface area contributed by atoms with E-state index in [-0.39, 0.29) is 17.5 Å². The number of alkyl halides is 3. The van der Waals surface area contributed by atoms with Crippen LogP contribution in [0.15, 0.2) is 53.2 Å². The van der Waals surface area contributed by atoms with Gasteiger partial charge in [-0.1, -0.05) is 11.2 Å². The van der Waals surface area contributed by atoms with Gasteiger partial charge in [-0.2, -0.15) is 10.1 Å². The van der Waals surface area contributed by atoms with Crippen LogP contribution in [-0.4, -0.2) is 62.3 Å². The van der Waals surface area contributed by atoms with Crippen LogP contribution in [0.5, 0.6) is 5.75 Å².